The number of nitriles is 1. The Morgan fingerprint density at radius 2 is 1.81 bits per heavy atom. The molecule has 168 valence electrons. The molecule has 0 aliphatic carbocycles. The molecule has 0 spiro atoms. The van der Waals surface area contributed by atoms with E-state index >= 15 is 0 Å². The first kappa shape index (κ1) is 22.1. The lowest BCUT2D eigenvalue weighted by molar-refractivity contribution is -0.151. The summed E-state index contributed by atoms with van der Waals surface area (Å²) in [5.41, 5.74) is 1.12. The first-order chi connectivity index (χ1) is 15.5. The van der Waals surface area contributed by atoms with Gasteiger partial charge in [0.25, 0.3) is 0 Å². The van der Waals surface area contributed by atoms with Gasteiger partial charge in [-0.15, -0.1) is 0 Å². The lowest BCUT2D eigenvalue weighted by Gasteiger charge is -2.30. The Hall–Kier alpha value is -3.09. The molecule has 32 heavy (non-hydrogen) atoms. The van der Waals surface area contributed by atoms with Gasteiger partial charge in [0.15, 0.2) is 11.5 Å². The van der Waals surface area contributed by atoms with Crippen molar-refractivity contribution in [3.8, 4) is 17.6 Å². The third-order valence-corrected chi connectivity index (χ3v) is 7.55. The van der Waals surface area contributed by atoms with Crippen LogP contribution in [0.5, 0.6) is 11.5 Å². The fraction of sp³-hybridized carbons (Fsp3) is 0.391. The normalized spacial score (nSPS) is 17.2. The van der Waals surface area contributed by atoms with Crippen molar-refractivity contribution in [2.45, 2.75) is 30.8 Å². The van der Waals surface area contributed by atoms with Crippen LogP contribution in [0, 0.1) is 17.2 Å². The van der Waals surface area contributed by atoms with E-state index in [1.807, 2.05) is 0 Å². The van der Waals surface area contributed by atoms with Gasteiger partial charge < -0.3 is 14.2 Å². The number of sulfonamides is 1. The second kappa shape index (κ2) is 9.59. The van der Waals surface area contributed by atoms with Crippen LogP contribution in [0.25, 0.3) is 0 Å². The maximum atomic E-state index is 13.1. The molecule has 4 rings (SSSR count). The molecule has 0 aromatic heterocycles. The zero-order valence-corrected chi connectivity index (χ0v) is 18.3. The number of benzene rings is 2. The monoisotopic (exact) mass is 456 g/mol. The molecule has 0 atom stereocenters. The average Bonchev–Trinajstić information content (AvgIpc) is 3.07. The van der Waals surface area contributed by atoms with Crippen molar-refractivity contribution in [1.29, 1.82) is 5.26 Å². The van der Waals surface area contributed by atoms with Gasteiger partial charge in [0.05, 0.1) is 35.7 Å². The van der Waals surface area contributed by atoms with E-state index in [2.05, 4.69) is 6.07 Å². The Morgan fingerprint density at radius 1 is 1.09 bits per heavy atom. The predicted octanol–water partition coefficient (Wildman–Crippen LogP) is 2.86. The molecule has 2 aliphatic rings. The van der Waals surface area contributed by atoms with E-state index in [4.69, 9.17) is 19.5 Å². The van der Waals surface area contributed by atoms with Gasteiger partial charge in [-0.1, -0.05) is 18.2 Å². The molecule has 8 nitrogen and oxygen atoms in total. The maximum absolute atomic E-state index is 13.1. The van der Waals surface area contributed by atoms with Gasteiger partial charge in [-0.3, -0.25) is 4.79 Å². The number of rotatable bonds is 5. The molecule has 2 aromatic carbocycles. The van der Waals surface area contributed by atoms with Crippen LogP contribution in [0.4, 0.5) is 0 Å². The second-order valence-electron chi connectivity index (χ2n) is 7.71. The van der Waals surface area contributed by atoms with Crippen molar-refractivity contribution in [2.75, 3.05) is 26.3 Å². The van der Waals surface area contributed by atoms with Crippen LogP contribution >= 0.6 is 0 Å². The Kier molecular flexibility index (Phi) is 6.63. The Labute approximate surface area is 187 Å². The Morgan fingerprint density at radius 3 is 2.56 bits per heavy atom. The fourth-order valence-electron chi connectivity index (χ4n) is 3.81. The highest BCUT2D eigenvalue weighted by atomic mass is 32.2. The number of esters is 1. The van der Waals surface area contributed by atoms with E-state index in [0.717, 1.165) is 6.42 Å². The van der Waals surface area contributed by atoms with Crippen LogP contribution in [-0.4, -0.2) is 45.0 Å². The van der Waals surface area contributed by atoms with Crippen molar-refractivity contribution in [3.63, 3.8) is 0 Å². The number of carbonyl (C=O) groups excluding carboxylic acids is 1. The van der Waals surface area contributed by atoms with Crippen molar-refractivity contribution in [3.05, 3.63) is 53.6 Å². The van der Waals surface area contributed by atoms with Gasteiger partial charge in [0.1, 0.15) is 6.61 Å². The highest BCUT2D eigenvalue weighted by Gasteiger charge is 2.33. The van der Waals surface area contributed by atoms with E-state index in [1.165, 1.54) is 16.4 Å². The number of ether oxygens (including phenoxy) is 3. The highest BCUT2D eigenvalue weighted by molar-refractivity contribution is 7.89. The van der Waals surface area contributed by atoms with Crippen LogP contribution in [0.3, 0.4) is 0 Å². The fourth-order valence-corrected chi connectivity index (χ4v) is 5.29. The third-order valence-electron chi connectivity index (χ3n) is 5.65. The zero-order valence-electron chi connectivity index (χ0n) is 17.5. The van der Waals surface area contributed by atoms with Gasteiger partial charge in [-0.05, 0) is 31.0 Å². The predicted molar refractivity (Wildman–Crippen MR) is 114 cm³/mol. The molecule has 1 fully saturated rings. The Balaban J connectivity index is 1.36. The van der Waals surface area contributed by atoms with E-state index in [1.54, 1.807) is 30.3 Å². The molecule has 0 saturated carbocycles. The summed E-state index contributed by atoms with van der Waals surface area (Å²) in [5, 5.41) is 9.14. The molecular weight excluding hydrogens is 432 g/mol. The quantitative estimate of drug-likeness (QED) is 0.637. The smallest absolute Gasteiger partial charge is 0.309 e. The van der Waals surface area contributed by atoms with E-state index < -0.39 is 10.0 Å². The van der Waals surface area contributed by atoms with Crippen molar-refractivity contribution in [2.24, 2.45) is 5.92 Å². The number of hydrogen-bond acceptors (Lipinski definition) is 7. The minimum atomic E-state index is -3.71. The summed E-state index contributed by atoms with van der Waals surface area (Å²) in [4.78, 5) is 12.6. The molecule has 0 bridgehead atoms. The average molecular weight is 457 g/mol. The number of carbonyl (C=O) groups is 1. The number of piperidine rings is 1. The number of nitrogens with zero attached hydrogens (tertiary/aromatic N) is 2. The summed E-state index contributed by atoms with van der Waals surface area (Å²) in [7, 11) is -3.71. The minimum absolute atomic E-state index is 0.0261. The maximum Gasteiger partial charge on any atom is 0.309 e. The van der Waals surface area contributed by atoms with Gasteiger partial charge >= 0.3 is 5.97 Å². The first-order valence-electron chi connectivity index (χ1n) is 10.5. The lowest BCUT2D eigenvalue weighted by Crippen LogP contribution is -2.40. The van der Waals surface area contributed by atoms with Crippen molar-refractivity contribution < 1.29 is 27.4 Å². The zero-order chi connectivity index (χ0) is 22.6. The Bertz CT molecular complexity index is 1130. The summed E-state index contributed by atoms with van der Waals surface area (Å²) in [6, 6.07) is 13.7. The highest BCUT2D eigenvalue weighted by Crippen LogP contribution is 2.34. The summed E-state index contributed by atoms with van der Waals surface area (Å²) < 4.78 is 44.2. The molecule has 0 unspecified atom stereocenters. The molecule has 2 aromatic rings. The lowest BCUT2D eigenvalue weighted by atomic mass is 9.98. The minimum Gasteiger partial charge on any atom is -0.490 e. The second-order valence-corrected chi connectivity index (χ2v) is 9.65. The topological polar surface area (TPSA) is 106 Å². The van der Waals surface area contributed by atoms with Gasteiger partial charge in [-0.2, -0.15) is 9.57 Å². The summed E-state index contributed by atoms with van der Waals surface area (Å²) in [6.07, 6.45) is 1.49. The van der Waals surface area contributed by atoms with Gasteiger partial charge in [0, 0.05) is 31.1 Å². The standard InChI is InChI=1S/C23H24N2O6S/c24-15-18-4-1-2-5-19(18)16-31-23(26)17-8-10-25(11-9-17)32(27,28)20-6-7-21-22(14-20)30-13-3-12-29-21/h1-2,4-7,14,17H,3,8-13,16H2. The first-order valence-corrected chi connectivity index (χ1v) is 12.0. The van der Waals surface area contributed by atoms with Crippen LogP contribution in [0.15, 0.2) is 47.4 Å². The van der Waals surface area contributed by atoms with E-state index in [0.29, 0.717) is 48.7 Å². The van der Waals surface area contributed by atoms with Crippen molar-refractivity contribution >= 4 is 16.0 Å². The molecular formula is C23H24N2O6S. The van der Waals surface area contributed by atoms with Crippen molar-refractivity contribution in [1.82, 2.24) is 4.31 Å². The van der Waals surface area contributed by atoms with Crippen LogP contribution < -0.4 is 9.47 Å². The molecule has 9 heteroatoms. The van der Waals surface area contributed by atoms with Crippen LogP contribution in [-0.2, 0) is 26.2 Å². The number of hydrogen-bond donors (Lipinski definition) is 0. The van der Waals surface area contributed by atoms with Crippen LogP contribution in [0.1, 0.15) is 30.4 Å². The third kappa shape index (κ3) is 4.71. The largest absolute Gasteiger partial charge is 0.490 e. The van der Waals surface area contributed by atoms with Gasteiger partial charge in [0.2, 0.25) is 10.0 Å². The SMILES string of the molecule is N#Cc1ccccc1COC(=O)C1CCN(S(=O)(=O)c2ccc3c(c2)OCCCO3)CC1. The molecule has 0 amide bonds. The molecule has 0 radical (unpaired) electrons. The summed E-state index contributed by atoms with van der Waals surface area (Å²) >= 11 is 0. The van der Waals surface area contributed by atoms with E-state index in [-0.39, 0.29) is 36.5 Å². The van der Waals surface area contributed by atoms with Gasteiger partial charge in [-0.25, -0.2) is 8.42 Å². The number of fused-ring (bicyclic) bond motifs is 1. The summed E-state index contributed by atoms with van der Waals surface area (Å²) in [6.45, 7) is 1.49. The summed E-state index contributed by atoms with van der Waals surface area (Å²) in [5.74, 6) is 0.227. The van der Waals surface area contributed by atoms with Crippen LogP contribution in [0.2, 0.25) is 0 Å². The molecule has 0 N–H and O–H groups in total. The molecule has 2 heterocycles. The van der Waals surface area contributed by atoms with E-state index in [9.17, 15) is 13.2 Å². The molecule has 1 saturated heterocycles. The molecule has 2 aliphatic heterocycles.